The fourth-order valence-corrected chi connectivity index (χ4v) is 3.03. The largest absolute Gasteiger partial charge is 0.313 e. The molecule has 0 atom stereocenters. The van der Waals surface area contributed by atoms with Gasteiger partial charge in [-0.3, -0.25) is 0 Å². The molecule has 0 aromatic heterocycles. The van der Waals surface area contributed by atoms with Gasteiger partial charge >= 0.3 is 0 Å². The van der Waals surface area contributed by atoms with Crippen LogP contribution in [0.5, 0.6) is 0 Å². The minimum atomic E-state index is -3.17. The number of hydrogen-bond acceptors (Lipinski definition) is 3. The summed E-state index contributed by atoms with van der Waals surface area (Å²) in [4.78, 5) is 0. The van der Waals surface area contributed by atoms with E-state index in [0.717, 1.165) is 11.1 Å². The summed E-state index contributed by atoms with van der Waals surface area (Å²) >= 11 is 0. The number of benzene rings is 1. The summed E-state index contributed by atoms with van der Waals surface area (Å²) < 4.78 is 25.7. The molecule has 0 heterocycles. The van der Waals surface area contributed by atoms with Crippen molar-refractivity contribution < 1.29 is 8.42 Å². The van der Waals surface area contributed by atoms with Crippen molar-refractivity contribution in [3.05, 3.63) is 35.4 Å². The van der Waals surface area contributed by atoms with Crippen molar-refractivity contribution in [3.8, 4) is 0 Å². The van der Waals surface area contributed by atoms with Crippen LogP contribution in [-0.4, -0.2) is 38.1 Å². The van der Waals surface area contributed by atoms with Crippen molar-refractivity contribution >= 4 is 10.0 Å². The molecule has 1 saturated carbocycles. The maximum atomic E-state index is 12.1. The van der Waals surface area contributed by atoms with Crippen LogP contribution in [0.15, 0.2) is 24.3 Å². The summed E-state index contributed by atoms with van der Waals surface area (Å²) in [6.45, 7) is 3.00. The van der Waals surface area contributed by atoms with Crippen LogP contribution in [0.3, 0.4) is 0 Å². The van der Waals surface area contributed by atoms with Crippen LogP contribution in [-0.2, 0) is 16.6 Å². The molecule has 0 unspecified atom stereocenters. The molecule has 5 heteroatoms. The summed E-state index contributed by atoms with van der Waals surface area (Å²) in [6, 6.07) is 8.50. The van der Waals surface area contributed by atoms with Gasteiger partial charge in [0.1, 0.15) is 0 Å². The van der Waals surface area contributed by atoms with Gasteiger partial charge in [0.25, 0.3) is 0 Å². The van der Waals surface area contributed by atoms with Crippen molar-refractivity contribution in [2.75, 3.05) is 19.3 Å². The lowest BCUT2D eigenvalue weighted by atomic mass is 10.1. The lowest BCUT2D eigenvalue weighted by Gasteiger charge is -2.17. The van der Waals surface area contributed by atoms with Gasteiger partial charge < -0.3 is 5.32 Å². The molecule has 0 bridgehead atoms. The molecule has 2 rings (SSSR count). The molecule has 19 heavy (non-hydrogen) atoms. The third-order valence-corrected chi connectivity index (χ3v) is 5.13. The zero-order valence-corrected chi connectivity index (χ0v) is 12.4. The number of hydrogen-bond donors (Lipinski definition) is 1. The van der Waals surface area contributed by atoms with Crippen LogP contribution in [0, 0.1) is 6.92 Å². The van der Waals surface area contributed by atoms with Gasteiger partial charge in [-0.1, -0.05) is 29.8 Å². The van der Waals surface area contributed by atoms with Crippen molar-refractivity contribution in [3.63, 3.8) is 0 Å². The molecule has 0 amide bonds. The van der Waals surface area contributed by atoms with Crippen molar-refractivity contribution in [2.45, 2.75) is 32.4 Å². The third kappa shape index (κ3) is 4.60. The number of aryl methyl sites for hydroxylation is 1. The van der Waals surface area contributed by atoms with Gasteiger partial charge in [-0.25, -0.2) is 12.7 Å². The predicted octanol–water partition coefficient (Wildman–Crippen LogP) is 1.51. The lowest BCUT2D eigenvalue weighted by molar-refractivity contribution is 0.465. The molecule has 1 aromatic rings. The summed E-state index contributed by atoms with van der Waals surface area (Å²) in [5.74, 6) is 0.172. The fourth-order valence-electron chi connectivity index (χ4n) is 2.00. The summed E-state index contributed by atoms with van der Waals surface area (Å²) in [6.07, 6.45) is 2.36. The van der Waals surface area contributed by atoms with Crippen LogP contribution in [0.2, 0.25) is 0 Å². The second-order valence-corrected chi connectivity index (χ2v) is 7.48. The number of nitrogens with one attached hydrogen (secondary N) is 1. The Balaban J connectivity index is 1.87. The van der Waals surface area contributed by atoms with E-state index in [0.29, 0.717) is 19.1 Å². The quantitative estimate of drug-likeness (QED) is 0.824. The Hall–Kier alpha value is -0.910. The van der Waals surface area contributed by atoms with E-state index in [1.165, 1.54) is 17.1 Å². The lowest BCUT2D eigenvalue weighted by Crippen LogP contribution is -2.34. The van der Waals surface area contributed by atoms with Crippen LogP contribution >= 0.6 is 0 Å². The van der Waals surface area contributed by atoms with E-state index in [2.05, 4.69) is 5.32 Å². The molecule has 0 radical (unpaired) electrons. The molecule has 4 nitrogen and oxygen atoms in total. The molecule has 0 spiro atoms. The van der Waals surface area contributed by atoms with Crippen LogP contribution in [0.4, 0.5) is 0 Å². The Morgan fingerprint density at radius 3 is 2.74 bits per heavy atom. The van der Waals surface area contributed by atoms with E-state index in [-0.39, 0.29) is 5.75 Å². The topological polar surface area (TPSA) is 49.4 Å². The molecule has 1 aliphatic carbocycles. The molecule has 1 fully saturated rings. The third-order valence-electron chi connectivity index (χ3n) is 3.33. The highest BCUT2D eigenvalue weighted by molar-refractivity contribution is 7.89. The zero-order valence-electron chi connectivity index (χ0n) is 11.6. The molecule has 1 aromatic carbocycles. The van der Waals surface area contributed by atoms with Crippen molar-refractivity contribution in [2.24, 2.45) is 0 Å². The first-order chi connectivity index (χ1) is 8.97. The second kappa shape index (κ2) is 6.03. The smallest absolute Gasteiger partial charge is 0.215 e. The van der Waals surface area contributed by atoms with Gasteiger partial charge in [-0.15, -0.1) is 0 Å². The van der Waals surface area contributed by atoms with Gasteiger partial charge in [-0.05, 0) is 25.3 Å². The van der Waals surface area contributed by atoms with E-state index in [1.807, 2.05) is 31.2 Å². The highest BCUT2D eigenvalue weighted by Gasteiger charge is 2.22. The molecular weight excluding hydrogens is 260 g/mol. The summed E-state index contributed by atoms with van der Waals surface area (Å²) in [5.41, 5.74) is 2.18. The van der Waals surface area contributed by atoms with Crippen LogP contribution in [0.25, 0.3) is 0 Å². The zero-order chi connectivity index (χ0) is 13.9. The molecular formula is C14H22N2O2S. The number of nitrogens with zero attached hydrogens (tertiary/aromatic N) is 1. The van der Waals surface area contributed by atoms with Gasteiger partial charge in [-0.2, -0.15) is 0 Å². The van der Waals surface area contributed by atoms with Gasteiger partial charge in [0.05, 0.1) is 5.75 Å². The highest BCUT2D eigenvalue weighted by atomic mass is 32.2. The maximum Gasteiger partial charge on any atom is 0.215 e. The van der Waals surface area contributed by atoms with Crippen molar-refractivity contribution in [1.82, 2.24) is 9.62 Å². The normalized spacial score (nSPS) is 15.9. The first kappa shape index (κ1) is 14.5. The van der Waals surface area contributed by atoms with E-state index in [4.69, 9.17) is 0 Å². The van der Waals surface area contributed by atoms with Gasteiger partial charge in [0.15, 0.2) is 0 Å². The van der Waals surface area contributed by atoms with E-state index in [1.54, 1.807) is 7.05 Å². The Labute approximate surface area is 115 Å². The average Bonchev–Trinajstić information content (AvgIpc) is 3.12. The van der Waals surface area contributed by atoms with E-state index in [9.17, 15) is 8.42 Å². The Morgan fingerprint density at radius 2 is 2.11 bits per heavy atom. The Kier molecular flexibility index (Phi) is 4.60. The van der Waals surface area contributed by atoms with Crippen LogP contribution < -0.4 is 5.32 Å². The predicted molar refractivity (Wildman–Crippen MR) is 77.5 cm³/mol. The molecule has 0 saturated heterocycles. The standard InChI is InChI=1S/C14H22N2O2S/c1-12-4-3-5-13(10-12)11-16(2)19(17,18)9-8-15-14-6-7-14/h3-5,10,14-15H,6-9,11H2,1-2H3. The minimum absolute atomic E-state index is 0.172. The first-order valence-electron chi connectivity index (χ1n) is 6.70. The van der Waals surface area contributed by atoms with E-state index < -0.39 is 10.0 Å². The maximum absolute atomic E-state index is 12.1. The van der Waals surface area contributed by atoms with Gasteiger partial charge in [0, 0.05) is 26.2 Å². The molecule has 1 aliphatic rings. The fraction of sp³-hybridized carbons (Fsp3) is 0.571. The number of rotatable bonds is 7. The molecule has 1 N–H and O–H groups in total. The van der Waals surface area contributed by atoms with E-state index >= 15 is 0 Å². The molecule has 0 aliphatic heterocycles. The van der Waals surface area contributed by atoms with Gasteiger partial charge in [0.2, 0.25) is 10.0 Å². The number of sulfonamides is 1. The summed E-state index contributed by atoms with van der Waals surface area (Å²) in [7, 11) is -1.52. The minimum Gasteiger partial charge on any atom is -0.313 e. The highest BCUT2D eigenvalue weighted by Crippen LogP contribution is 2.18. The SMILES string of the molecule is Cc1cccc(CN(C)S(=O)(=O)CCNC2CC2)c1. The second-order valence-electron chi connectivity index (χ2n) is 5.29. The Morgan fingerprint density at radius 1 is 1.37 bits per heavy atom. The summed E-state index contributed by atoms with van der Waals surface area (Å²) in [5, 5.41) is 3.23. The average molecular weight is 282 g/mol. The monoisotopic (exact) mass is 282 g/mol. The molecule has 106 valence electrons. The van der Waals surface area contributed by atoms with Crippen molar-refractivity contribution in [1.29, 1.82) is 0 Å². The Bertz CT molecular complexity index is 524. The van der Waals surface area contributed by atoms with Crippen LogP contribution in [0.1, 0.15) is 24.0 Å². The first-order valence-corrected chi connectivity index (χ1v) is 8.31.